The van der Waals surface area contributed by atoms with Crippen molar-refractivity contribution in [1.29, 1.82) is 0 Å². The summed E-state index contributed by atoms with van der Waals surface area (Å²) in [7, 11) is 0. The summed E-state index contributed by atoms with van der Waals surface area (Å²) in [6, 6.07) is 10.5. The number of ether oxygens (including phenoxy) is 1. The molecule has 0 saturated carbocycles. The average molecular weight is 344 g/mol. The van der Waals surface area contributed by atoms with Gasteiger partial charge in [-0.25, -0.2) is 0 Å². The van der Waals surface area contributed by atoms with Crippen LogP contribution in [0.15, 0.2) is 47.1 Å². The van der Waals surface area contributed by atoms with E-state index in [-0.39, 0.29) is 19.0 Å². The standard InChI is InChI=1S/C18H20N2O5/c1-12-6-3-4-8-15(12)18(23)20-11-16(21)25-13(2)17(22)19-10-14-7-5-9-24-14/h3-9,13H,10-11H2,1-2H3,(H,19,22)(H,20,23)/t13-/m0/s1. The summed E-state index contributed by atoms with van der Waals surface area (Å²) in [5, 5.41) is 5.07. The van der Waals surface area contributed by atoms with E-state index < -0.39 is 18.0 Å². The van der Waals surface area contributed by atoms with Crippen molar-refractivity contribution in [3.8, 4) is 0 Å². The van der Waals surface area contributed by atoms with Gasteiger partial charge in [-0.2, -0.15) is 0 Å². The van der Waals surface area contributed by atoms with Gasteiger partial charge >= 0.3 is 5.97 Å². The van der Waals surface area contributed by atoms with Crippen LogP contribution >= 0.6 is 0 Å². The number of benzene rings is 1. The topological polar surface area (TPSA) is 97.6 Å². The summed E-state index contributed by atoms with van der Waals surface area (Å²) in [6.07, 6.45) is 0.528. The van der Waals surface area contributed by atoms with E-state index in [9.17, 15) is 14.4 Å². The van der Waals surface area contributed by atoms with Crippen molar-refractivity contribution in [3.63, 3.8) is 0 Å². The van der Waals surface area contributed by atoms with Crippen LogP contribution in [0.1, 0.15) is 28.6 Å². The van der Waals surface area contributed by atoms with Gasteiger partial charge in [0, 0.05) is 5.56 Å². The number of carbonyl (C=O) groups is 3. The van der Waals surface area contributed by atoms with Crippen molar-refractivity contribution < 1.29 is 23.5 Å². The zero-order valence-corrected chi connectivity index (χ0v) is 14.1. The Kier molecular flexibility index (Phi) is 6.33. The molecule has 1 atom stereocenters. The second-order valence-corrected chi connectivity index (χ2v) is 5.43. The highest BCUT2D eigenvalue weighted by atomic mass is 16.5. The number of nitrogens with one attached hydrogen (secondary N) is 2. The van der Waals surface area contributed by atoms with Crippen LogP contribution in [0.3, 0.4) is 0 Å². The van der Waals surface area contributed by atoms with Crippen molar-refractivity contribution in [3.05, 3.63) is 59.5 Å². The summed E-state index contributed by atoms with van der Waals surface area (Å²) in [6.45, 7) is 3.15. The predicted octanol–water partition coefficient (Wildman–Crippen LogP) is 1.57. The number of hydrogen-bond acceptors (Lipinski definition) is 5. The molecule has 0 saturated heterocycles. The Morgan fingerprint density at radius 1 is 1.12 bits per heavy atom. The second-order valence-electron chi connectivity index (χ2n) is 5.43. The number of esters is 1. The Morgan fingerprint density at radius 2 is 1.88 bits per heavy atom. The second kappa shape index (κ2) is 8.68. The van der Waals surface area contributed by atoms with Gasteiger partial charge in [0.05, 0.1) is 12.8 Å². The van der Waals surface area contributed by atoms with Crippen molar-refractivity contribution in [2.24, 2.45) is 0 Å². The lowest BCUT2D eigenvalue weighted by Gasteiger charge is -2.13. The number of amides is 2. The highest BCUT2D eigenvalue weighted by Crippen LogP contribution is 2.06. The van der Waals surface area contributed by atoms with Gasteiger partial charge in [0.15, 0.2) is 6.10 Å². The molecule has 1 aromatic heterocycles. The van der Waals surface area contributed by atoms with E-state index in [1.807, 2.05) is 6.07 Å². The van der Waals surface area contributed by atoms with Crippen LogP contribution in [0.25, 0.3) is 0 Å². The first-order chi connectivity index (χ1) is 12.0. The van der Waals surface area contributed by atoms with Gasteiger partial charge in [-0.1, -0.05) is 18.2 Å². The van der Waals surface area contributed by atoms with Gasteiger partial charge in [-0.05, 0) is 37.6 Å². The third-order valence-corrected chi connectivity index (χ3v) is 3.48. The van der Waals surface area contributed by atoms with Crippen LogP contribution in [-0.4, -0.2) is 30.4 Å². The molecule has 1 heterocycles. The van der Waals surface area contributed by atoms with Gasteiger partial charge in [-0.3, -0.25) is 14.4 Å². The summed E-state index contributed by atoms with van der Waals surface area (Å²) in [5.74, 6) is -0.917. The quantitative estimate of drug-likeness (QED) is 0.743. The molecule has 25 heavy (non-hydrogen) atoms. The molecular weight excluding hydrogens is 324 g/mol. The summed E-state index contributed by atoms with van der Waals surface area (Å²) >= 11 is 0. The molecule has 7 nitrogen and oxygen atoms in total. The molecule has 0 aliphatic rings. The summed E-state index contributed by atoms with van der Waals surface area (Å²) in [4.78, 5) is 35.7. The molecule has 0 bridgehead atoms. The zero-order valence-electron chi connectivity index (χ0n) is 14.1. The first kappa shape index (κ1) is 18.3. The molecule has 0 aliphatic heterocycles. The number of aryl methyl sites for hydroxylation is 1. The van der Waals surface area contributed by atoms with E-state index in [1.54, 1.807) is 37.3 Å². The Morgan fingerprint density at radius 3 is 2.56 bits per heavy atom. The Balaban J connectivity index is 1.74. The smallest absolute Gasteiger partial charge is 0.326 e. The largest absolute Gasteiger partial charge is 0.467 e. The predicted molar refractivity (Wildman–Crippen MR) is 89.6 cm³/mol. The summed E-state index contributed by atoms with van der Waals surface area (Å²) in [5.41, 5.74) is 1.29. The lowest BCUT2D eigenvalue weighted by Crippen LogP contribution is -2.38. The van der Waals surface area contributed by atoms with E-state index >= 15 is 0 Å². The molecule has 0 spiro atoms. The maximum atomic E-state index is 12.0. The van der Waals surface area contributed by atoms with E-state index in [1.165, 1.54) is 13.2 Å². The fourth-order valence-electron chi connectivity index (χ4n) is 2.10. The third kappa shape index (κ3) is 5.49. The number of furan rings is 1. The number of rotatable bonds is 7. The van der Waals surface area contributed by atoms with Crippen LogP contribution in [0.5, 0.6) is 0 Å². The first-order valence-corrected chi connectivity index (χ1v) is 7.80. The maximum absolute atomic E-state index is 12.0. The van der Waals surface area contributed by atoms with Crippen LogP contribution in [0.2, 0.25) is 0 Å². The van der Waals surface area contributed by atoms with Crippen LogP contribution in [0, 0.1) is 6.92 Å². The van der Waals surface area contributed by atoms with Gasteiger partial charge < -0.3 is 19.8 Å². The molecule has 1 aromatic carbocycles. The van der Waals surface area contributed by atoms with Crippen molar-refractivity contribution in [1.82, 2.24) is 10.6 Å². The normalized spacial score (nSPS) is 11.4. The van der Waals surface area contributed by atoms with E-state index in [0.29, 0.717) is 11.3 Å². The minimum absolute atomic E-state index is 0.206. The lowest BCUT2D eigenvalue weighted by molar-refractivity contribution is -0.153. The zero-order chi connectivity index (χ0) is 18.2. The molecule has 7 heteroatoms. The average Bonchev–Trinajstić information content (AvgIpc) is 3.11. The molecule has 0 aliphatic carbocycles. The molecule has 132 valence electrons. The molecule has 2 aromatic rings. The van der Waals surface area contributed by atoms with Crippen LogP contribution < -0.4 is 10.6 Å². The Hall–Kier alpha value is -3.09. The molecular formula is C18H20N2O5. The third-order valence-electron chi connectivity index (χ3n) is 3.48. The van der Waals surface area contributed by atoms with Crippen molar-refractivity contribution in [2.75, 3.05) is 6.54 Å². The van der Waals surface area contributed by atoms with E-state index in [4.69, 9.17) is 9.15 Å². The number of hydrogen-bond donors (Lipinski definition) is 2. The van der Waals surface area contributed by atoms with Gasteiger partial charge in [0.2, 0.25) is 0 Å². The van der Waals surface area contributed by atoms with Gasteiger partial charge in [0.1, 0.15) is 12.3 Å². The monoisotopic (exact) mass is 344 g/mol. The maximum Gasteiger partial charge on any atom is 0.326 e. The van der Waals surface area contributed by atoms with Crippen LogP contribution in [0.4, 0.5) is 0 Å². The minimum Gasteiger partial charge on any atom is -0.467 e. The Bertz CT molecular complexity index is 740. The van der Waals surface area contributed by atoms with Crippen LogP contribution in [-0.2, 0) is 20.9 Å². The molecule has 0 radical (unpaired) electrons. The molecule has 0 unspecified atom stereocenters. The number of carbonyl (C=O) groups excluding carboxylic acids is 3. The highest BCUT2D eigenvalue weighted by Gasteiger charge is 2.18. The molecule has 2 amide bonds. The van der Waals surface area contributed by atoms with Crippen molar-refractivity contribution >= 4 is 17.8 Å². The minimum atomic E-state index is -0.974. The molecule has 2 rings (SSSR count). The Labute approximate surface area is 145 Å². The lowest BCUT2D eigenvalue weighted by atomic mass is 10.1. The fourth-order valence-corrected chi connectivity index (χ4v) is 2.10. The molecule has 2 N–H and O–H groups in total. The van der Waals surface area contributed by atoms with Gasteiger partial charge in [-0.15, -0.1) is 0 Å². The van der Waals surface area contributed by atoms with E-state index in [0.717, 1.165) is 5.56 Å². The SMILES string of the molecule is Cc1ccccc1C(=O)NCC(=O)O[C@@H](C)C(=O)NCc1ccco1. The van der Waals surface area contributed by atoms with E-state index in [2.05, 4.69) is 10.6 Å². The van der Waals surface area contributed by atoms with Gasteiger partial charge in [0.25, 0.3) is 11.8 Å². The highest BCUT2D eigenvalue weighted by molar-refractivity contribution is 5.97. The summed E-state index contributed by atoms with van der Waals surface area (Å²) < 4.78 is 10.1. The first-order valence-electron chi connectivity index (χ1n) is 7.80. The molecule has 0 fully saturated rings. The van der Waals surface area contributed by atoms with Crippen molar-refractivity contribution in [2.45, 2.75) is 26.5 Å². The fraction of sp³-hybridized carbons (Fsp3) is 0.278.